The van der Waals surface area contributed by atoms with E-state index in [2.05, 4.69) is 0 Å². The Morgan fingerprint density at radius 2 is 2.00 bits per heavy atom. The minimum Gasteiger partial charge on any atom is -0.303 e. The summed E-state index contributed by atoms with van der Waals surface area (Å²) in [7, 11) is 0. The van der Waals surface area contributed by atoms with Crippen LogP contribution in [0.4, 0.5) is 0 Å². The maximum atomic E-state index is 9.40. The van der Waals surface area contributed by atoms with Crippen molar-refractivity contribution in [2.75, 3.05) is 0 Å². The standard InChI is InChI=1S/C4H8O.Al.HI.3H/c1-2-3-4-5;;;;;/h4H,2-3H2,1H3;;1H;;;. The monoisotopic (exact) mass is 230 g/mol. The maximum absolute atomic E-state index is 9.40. The SMILES string of the molecule is CCCC=O.I.[AlH3]. The Labute approximate surface area is 72.0 Å². The van der Waals surface area contributed by atoms with E-state index >= 15 is 0 Å². The first kappa shape index (κ1) is 15.7. The number of carbonyl (C=O) groups is 1. The Kier molecular flexibility index (Phi) is 35.3. The van der Waals surface area contributed by atoms with Gasteiger partial charge in [0.25, 0.3) is 0 Å². The molecule has 0 fully saturated rings. The van der Waals surface area contributed by atoms with Gasteiger partial charge in [-0.25, -0.2) is 0 Å². The molecule has 0 bridgehead atoms. The highest BCUT2D eigenvalue weighted by atomic mass is 127. The fraction of sp³-hybridized carbons (Fsp3) is 0.750. The predicted octanol–water partition coefficient (Wildman–Crippen LogP) is 0.419. The zero-order valence-electron chi connectivity index (χ0n) is 3.81. The molecule has 0 aliphatic rings. The first-order valence-electron chi connectivity index (χ1n) is 1.85. The molecule has 0 saturated carbocycles. The maximum Gasteiger partial charge on any atom is 0.187 e. The highest BCUT2D eigenvalue weighted by Crippen LogP contribution is 1.74. The van der Waals surface area contributed by atoms with Crippen LogP contribution in [-0.2, 0) is 4.79 Å². The average Bonchev–Trinajstić information content (AvgIpc) is 1.41. The third kappa shape index (κ3) is 19.6. The van der Waals surface area contributed by atoms with Crippen molar-refractivity contribution in [2.24, 2.45) is 0 Å². The summed E-state index contributed by atoms with van der Waals surface area (Å²) < 4.78 is 0. The molecular formula is C4H12AlIO. The lowest BCUT2D eigenvalue weighted by Crippen LogP contribution is -1.64. The lowest BCUT2D eigenvalue weighted by molar-refractivity contribution is -0.107. The summed E-state index contributed by atoms with van der Waals surface area (Å²) in [6.07, 6.45) is 2.61. The summed E-state index contributed by atoms with van der Waals surface area (Å²) in [4.78, 5) is 9.40. The van der Waals surface area contributed by atoms with Crippen LogP contribution in [0.3, 0.4) is 0 Å². The second-order valence-corrected chi connectivity index (χ2v) is 0.955. The van der Waals surface area contributed by atoms with Gasteiger partial charge < -0.3 is 4.79 Å². The molecule has 0 saturated heterocycles. The van der Waals surface area contributed by atoms with Crippen molar-refractivity contribution in [3.8, 4) is 0 Å². The van der Waals surface area contributed by atoms with Crippen LogP contribution in [0, 0.1) is 0 Å². The summed E-state index contributed by atoms with van der Waals surface area (Å²) >= 11 is 0. The summed E-state index contributed by atoms with van der Waals surface area (Å²) in [5.41, 5.74) is 0. The second-order valence-electron chi connectivity index (χ2n) is 0.955. The van der Waals surface area contributed by atoms with Gasteiger partial charge in [0, 0.05) is 6.42 Å². The third-order valence-corrected chi connectivity index (χ3v) is 0.407. The Bertz CT molecular complexity index is 32.9. The van der Waals surface area contributed by atoms with Crippen LogP contribution in [0.5, 0.6) is 0 Å². The smallest absolute Gasteiger partial charge is 0.187 e. The topological polar surface area (TPSA) is 17.1 Å². The lowest BCUT2D eigenvalue weighted by Gasteiger charge is -1.68. The van der Waals surface area contributed by atoms with Crippen molar-refractivity contribution < 1.29 is 4.79 Å². The van der Waals surface area contributed by atoms with Crippen molar-refractivity contribution in [3.63, 3.8) is 0 Å². The van der Waals surface area contributed by atoms with Crippen LogP contribution in [0.2, 0.25) is 0 Å². The number of aldehydes is 1. The van der Waals surface area contributed by atoms with Gasteiger partial charge in [0.05, 0.1) is 0 Å². The normalized spacial score (nSPS) is 5.29. The highest BCUT2D eigenvalue weighted by Gasteiger charge is 1.66. The summed E-state index contributed by atoms with van der Waals surface area (Å²) in [5.74, 6) is 0. The number of hydrogen-bond donors (Lipinski definition) is 0. The highest BCUT2D eigenvalue weighted by molar-refractivity contribution is 14.0. The average molecular weight is 230 g/mol. The van der Waals surface area contributed by atoms with Crippen molar-refractivity contribution in [2.45, 2.75) is 19.8 Å². The molecule has 0 spiro atoms. The Hall–Kier alpha value is 0.932. The summed E-state index contributed by atoms with van der Waals surface area (Å²) in [6, 6.07) is 0. The molecule has 0 atom stereocenters. The molecule has 0 N–H and O–H groups in total. The fourth-order valence-corrected chi connectivity index (χ4v) is 0.118. The number of halogens is 1. The van der Waals surface area contributed by atoms with Crippen LogP contribution in [0.15, 0.2) is 0 Å². The minimum atomic E-state index is 0. The Morgan fingerprint density at radius 3 is 2.00 bits per heavy atom. The van der Waals surface area contributed by atoms with E-state index < -0.39 is 0 Å². The predicted molar refractivity (Wildman–Crippen MR) is 46.3 cm³/mol. The molecule has 0 aliphatic heterocycles. The van der Waals surface area contributed by atoms with E-state index in [1.807, 2.05) is 6.92 Å². The van der Waals surface area contributed by atoms with Crippen molar-refractivity contribution in [3.05, 3.63) is 0 Å². The van der Waals surface area contributed by atoms with Gasteiger partial charge in [-0.15, -0.1) is 24.0 Å². The van der Waals surface area contributed by atoms with E-state index in [-0.39, 0.29) is 41.3 Å². The van der Waals surface area contributed by atoms with Gasteiger partial charge in [0.1, 0.15) is 6.29 Å². The van der Waals surface area contributed by atoms with E-state index in [0.29, 0.717) is 6.42 Å². The van der Waals surface area contributed by atoms with Gasteiger partial charge >= 0.3 is 0 Å². The Morgan fingerprint density at radius 1 is 1.57 bits per heavy atom. The molecule has 0 amide bonds. The fourth-order valence-electron chi connectivity index (χ4n) is 0.118. The summed E-state index contributed by atoms with van der Waals surface area (Å²) in [6.45, 7) is 1.98. The first-order valence-corrected chi connectivity index (χ1v) is 1.85. The molecule has 0 unspecified atom stereocenters. The molecule has 0 aromatic heterocycles. The van der Waals surface area contributed by atoms with E-state index in [9.17, 15) is 4.79 Å². The molecule has 44 valence electrons. The number of hydrogen-bond acceptors (Lipinski definition) is 1. The van der Waals surface area contributed by atoms with Gasteiger partial charge in [-0.05, 0) is 6.42 Å². The third-order valence-electron chi connectivity index (χ3n) is 0.407. The molecule has 1 nitrogen and oxygen atoms in total. The van der Waals surface area contributed by atoms with Gasteiger partial charge in [0.2, 0.25) is 0 Å². The van der Waals surface area contributed by atoms with Crippen LogP contribution in [0.25, 0.3) is 0 Å². The van der Waals surface area contributed by atoms with Gasteiger partial charge in [-0.2, -0.15) is 0 Å². The van der Waals surface area contributed by atoms with Crippen LogP contribution in [0.1, 0.15) is 19.8 Å². The van der Waals surface area contributed by atoms with E-state index in [4.69, 9.17) is 0 Å². The molecule has 0 aromatic rings. The molecule has 0 radical (unpaired) electrons. The molecule has 3 heteroatoms. The molecule has 0 aromatic carbocycles. The first-order chi connectivity index (χ1) is 2.41. The number of rotatable bonds is 2. The zero-order valence-corrected chi connectivity index (χ0v) is 6.14. The Balaban J connectivity index is -0.0000000800. The van der Waals surface area contributed by atoms with Crippen molar-refractivity contribution in [1.29, 1.82) is 0 Å². The van der Waals surface area contributed by atoms with E-state index in [0.717, 1.165) is 12.7 Å². The molecular weight excluding hydrogens is 218 g/mol. The van der Waals surface area contributed by atoms with E-state index in [1.54, 1.807) is 0 Å². The largest absolute Gasteiger partial charge is 0.303 e. The van der Waals surface area contributed by atoms with Crippen molar-refractivity contribution in [1.82, 2.24) is 0 Å². The van der Waals surface area contributed by atoms with Crippen LogP contribution < -0.4 is 0 Å². The van der Waals surface area contributed by atoms with E-state index in [1.165, 1.54) is 0 Å². The second kappa shape index (κ2) is 15.8. The quantitative estimate of drug-likeness (QED) is 0.381. The summed E-state index contributed by atoms with van der Waals surface area (Å²) in [5, 5.41) is 0. The number of unbranched alkanes of at least 4 members (excludes halogenated alkanes) is 1. The van der Waals surface area contributed by atoms with Crippen LogP contribution in [-0.4, -0.2) is 23.6 Å². The zero-order chi connectivity index (χ0) is 4.12. The minimum absolute atomic E-state index is 0. The molecule has 7 heavy (non-hydrogen) atoms. The van der Waals surface area contributed by atoms with Crippen LogP contribution >= 0.6 is 24.0 Å². The van der Waals surface area contributed by atoms with Gasteiger partial charge in [0.15, 0.2) is 17.4 Å². The molecule has 0 rings (SSSR count). The number of carbonyl (C=O) groups excluding carboxylic acids is 1. The molecule has 0 aliphatic carbocycles. The lowest BCUT2D eigenvalue weighted by atomic mass is 10.4. The van der Waals surface area contributed by atoms with Gasteiger partial charge in [-0.1, -0.05) is 6.92 Å². The van der Waals surface area contributed by atoms with Crippen molar-refractivity contribution >= 4 is 47.6 Å². The van der Waals surface area contributed by atoms with Gasteiger partial charge in [-0.3, -0.25) is 0 Å². The molecule has 0 heterocycles.